The highest BCUT2D eigenvalue weighted by Gasteiger charge is 2.04. The number of para-hydroxylation sites is 1. The van der Waals surface area contributed by atoms with Gasteiger partial charge in [-0.3, -0.25) is 4.98 Å². The Morgan fingerprint density at radius 1 is 0.947 bits per heavy atom. The van der Waals surface area contributed by atoms with Gasteiger partial charge in [0.05, 0.1) is 5.52 Å². The lowest BCUT2D eigenvalue weighted by atomic mass is 10.1. The molecule has 0 unspecified atom stereocenters. The molecule has 19 heavy (non-hydrogen) atoms. The molecule has 1 aromatic carbocycles. The third-order valence-electron chi connectivity index (χ3n) is 2.85. The maximum Gasteiger partial charge on any atom is 0.152 e. The molecule has 4 heteroatoms. The second-order valence-corrected chi connectivity index (χ2v) is 4.82. The number of nitrogens with zero attached hydrogens (tertiary/aromatic N) is 2. The Morgan fingerprint density at radius 3 is 2.74 bits per heavy atom. The van der Waals surface area contributed by atoms with Crippen LogP contribution >= 0.6 is 15.9 Å². The van der Waals surface area contributed by atoms with Gasteiger partial charge in [-0.05, 0) is 40.2 Å². The van der Waals surface area contributed by atoms with Crippen LogP contribution in [0.15, 0.2) is 59.5 Å². The molecule has 0 saturated carbocycles. The first-order valence-electron chi connectivity index (χ1n) is 5.90. The first-order chi connectivity index (χ1) is 9.34. The van der Waals surface area contributed by atoms with Gasteiger partial charge in [0.15, 0.2) is 5.75 Å². The monoisotopic (exact) mass is 314 g/mol. The number of ether oxygens (including phenoxy) is 1. The third kappa shape index (κ3) is 2.58. The number of halogens is 1. The lowest BCUT2D eigenvalue weighted by Crippen LogP contribution is -1.98. The first-order valence-corrected chi connectivity index (χ1v) is 6.70. The van der Waals surface area contributed by atoms with Crippen molar-refractivity contribution in [3.8, 4) is 5.75 Å². The van der Waals surface area contributed by atoms with Gasteiger partial charge in [0.2, 0.25) is 0 Å². The van der Waals surface area contributed by atoms with Gasteiger partial charge in [0.1, 0.15) is 11.2 Å². The molecule has 3 nitrogen and oxygen atoms in total. The van der Waals surface area contributed by atoms with Crippen molar-refractivity contribution in [1.82, 2.24) is 9.97 Å². The van der Waals surface area contributed by atoms with Crippen molar-refractivity contribution in [3.05, 3.63) is 65.0 Å². The molecule has 0 radical (unpaired) electrons. The Labute approximate surface area is 119 Å². The number of hydrogen-bond acceptors (Lipinski definition) is 3. The molecular formula is C15H11BrN2O. The van der Waals surface area contributed by atoms with Crippen LogP contribution in [0.3, 0.4) is 0 Å². The van der Waals surface area contributed by atoms with E-state index in [1.54, 1.807) is 12.4 Å². The molecule has 0 spiro atoms. The molecule has 0 fully saturated rings. The molecule has 3 rings (SSSR count). The van der Waals surface area contributed by atoms with E-state index in [1.807, 2.05) is 36.4 Å². The minimum absolute atomic E-state index is 0.493. The molecule has 0 aliphatic carbocycles. The molecule has 0 bridgehead atoms. The van der Waals surface area contributed by atoms with Crippen molar-refractivity contribution in [3.63, 3.8) is 0 Å². The maximum absolute atomic E-state index is 5.79. The van der Waals surface area contributed by atoms with Crippen LogP contribution in [-0.4, -0.2) is 9.97 Å². The van der Waals surface area contributed by atoms with Crippen molar-refractivity contribution in [2.45, 2.75) is 6.61 Å². The number of aromatic nitrogens is 2. The summed E-state index contributed by atoms with van der Waals surface area (Å²) in [6.45, 7) is 0.493. The highest BCUT2D eigenvalue weighted by atomic mass is 79.9. The summed E-state index contributed by atoms with van der Waals surface area (Å²) in [5.74, 6) is 0.739. The third-order valence-corrected chi connectivity index (χ3v) is 3.44. The zero-order chi connectivity index (χ0) is 13.1. The first kappa shape index (κ1) is 12.1. The van der Waals surface area contributed by atoms with Crippen LogP contribution in [-0.2, 0) is 6.61 Å². The minimum atomic E-state index is 0.493. The summed E-state index contributed by atoms with van der Waals surface area (Å²) in [6.07, 6.45) is 3.53. The van der Waals surface area contributed by atoms with Gasteiger partial charge < -0.3 is 4.74 Å². The van der Waals surface area contributed by atoms with E-state index in [2.05, 4.69) is 32.0 Å². The molecule has 3 aromatic rings. The number of fused-ring (bicyclic) bond motifs is 1. The molecule has 0 saturated heterocycles. The second kappa shape index (κ2) is 5.36. The van der Waals surface area contributed by atoms with Crippen molar-refractivity contribution < 1.29 is 4.74 Å². The summed E-state index contributed by atoms with van der Waals surface area (Å²) in [4.78, 5) is 8.47. The zero-order valence-corrected chi connectivity index (χ0v) is 11.7. The molecule has 0 aliphatic rings. The highest BCUT2D eigenvalue weighted by Crippen LogP contribution is 2.23. The van der Waals surface area contributed by atoms with Crippen LogP contribution in [0.5, 0.6) is 5.75 Å². The number of hydrogen-bond donors (Lipinski definition) is 0. The second-order valence-electron chi connectivity index (χ2n) is 4.07. The molecule has 0 aliphatic heterocycles. The van der Waals surface area contributed by atoms with Gasteiger partial charge in [-0.2, -0.15) is 0 Å². The summed E-state index contributed by atoms with van der Waals surface area (Å²) in [5.41, 5.74) is 2.09. The lowest BCUT2D eigenvalue weighted by molar-refractivity contribution is 0.304. The summed E-state index contributed by atoms with van der Waals surface area (Å²) in [6, 6.07) is 13.8. The molecule has 0 N–H and O–H groups in total. The fourth-order valence-electron chi connectivity index (χ4n) is 1.92. The van der Waals surface area contributed by atoms with E-state index in [1.165, 1.54) is 0 Å². The van der Waals surface area contributed by atoms with Crippen molar-refractivity contribution in [2.75, 3.05) is 0 Å². The van der Waals surface area contributed by atoms with Gasteiger partial charge in [0.25, 0.3) is 0 Å². The van der Waals surface area contributed by atoms with E-state index in [9.17, 15) is 0 Å². The predicted octanol–water partition coefficient (Wildman–Crippen LogP) is 3.97. The number of rotatable bonds is 3. The Kier molecular flexibility index (Phi) is 3.42. The Balaban J connectivity index is 1.88. The average Bonchev–Trinajstić information content (AvgIpc) is 2.46. The van der Waals surface area contributed by atoms with Crippen LogP contribution < -0.4 is 4.74 Å². The quantitative estimate of drug-likeness (QED) is 0.686. The van der Waals surface area contributed by atoms with E-state index < -0.39 is 0 Å². The molecular weight excluding hydrogens is 304 g/mol. The standard InChI is InChI=1S/C15H11BrN2O/c16-15-14(6-3-8-18-15)19-10-11-7-9-17-13-5-2-1-4-12(11)13/h1-9H,10H2. The van der Waals surface area contributed by atoms with Crippen LogP contribution in [0, 0.1) is 0 Å². The van der Waals surface area contributed by atoms with E-state index in [-0.39, 0.29) is 0 Å². The normalized spacial score (nSPS) is 10.6. The van der Waals surface area contributed by atoms with Gasteiger partial charge in [-0.15, -0.1) is 0 Å². The van der Waals surface area contributed by atoms with Crippen LogP contribution in [0.25, 0.3) is 10.9 Å². The fraction of sp³-hybridized carbons (Fsp3) is 0.0667. The smallest absolute Gasteiger partial charge is 0.152 e. The predicted molar refractivity (Wildman–Crippen MR) is 78.0 cm³/mol. The fourth-order valence-corrected chi connectivity index (χ4v) is 2.28. The van der Waals surface area contributed by atoms with Gasteiger partial charge in [0, 0.05) is 23.3 Å². The maximum atomic E-state index is 5.79. The molecule has 94 valence electrons. The Hall–Kier alpha value is -1.94. The lowest BCUT2D eigenvalue weighted by Gasteiger charge is -2.09. The van der Waals surface area contributed by atoms with Crippen molar-refractivity contribution in [2.24, 2.45) is 0 Å². The molecule has 2 aromatic heterocycles. The summed E-state index contributed by atoms with van der Waals surface area (Å²) < 4.78 is 6.51. The number of benzene rings is 1. The topological polar surface area (TPSA) is 35.0 Å². The minimum Gasteiger partial charge on any atom is -0.486 e. The van der Waals surface area contributed by atoms with Gasteiger partial charge in [-0.25, -0.2) is 4.98 Å². The van der Waals surface area contributed by atoms with E-state index in [4.69, 9.17) is 4.74 Å². The SMILES string of the molecule is Brc1ncccc1OCc1ccnc2ccccc12. The number of pyridine rings is 2. The van der Waals surface area contributed by atoms with E-state index in [0.29, 0.717) is 11.2 Å². The summed E-state index contributed by atoms with van der Waals surface area (Å²) in [7, 11) is 0. The van der Waals surface area contributed by atoms with Crippen molar-refractivity contribution >= 4 is 26.8 Å². The largest absolute Gasteiger partial charge is 0.486 e. The van der Waals surface area contributed by atoms with Gasteiger partial charge in [-0.1, -0.05) is 18.2 Å². The zero-order valence-electron chi connectivity index (χ0n) is 10.1. The van der Waals surface area contributed by atoms with Gasteiger partial charge >= 0.3 is 0 Å². The molecule has 2 heterocycles. The van der Waals surface area contributed by atoms with Crippen molar-refractivity contribution in [1.29, 1.82) is 0 Å². The van der Waals surface area contributed by atoms with Crippen LogP contribution in [0.4, 0.5) is 0 Å². The van der Waals surface area contributed by atoms with E-state index in [0.717, 1.165) is 22.2 Å². The van der Waals surface area contributed by atoms with E-state index >= 15 is 0 Å². The summed E-state index contributed by atoms with van der Waals surface area (Å²) in [5, 5.41) is 1.12. The summed E-state index contributed by atoms with van der Waals surface area (Å²) >= 11 is 3.37. The Morgan fingerprint density at radius 2 is 1.84 bits per heavy atom. The Bertz CT molecular complexity index is 710. The van der Waals surface area contributed by atoms with Crippen LogP contribution in [0.2, 0.25) is 0 Å². The molecule has 0 amide bonds. The average molecular weight is 315 g/mol. The highest BCUT2D eigenvalue weighted by molar-refractivity contribution is 9.10. The van der Waals surface area contributed by atoms with Crippen LogP contribution in [0.1, 0.15) is 5.56 Å². The molecule has 0 atom stereocenters.